The second kappa shape index (κ2) is 6.74. The van der Waals surface area contributed by atoms with E-state index < -0.39 is 0 Å². The van der Waals surface area contributed by atoms with Gasteiger partial charge >= 0.3 is 0 Å². The fourth-order valence-corrected chi connectivity index (χ4v) is 2.84. The first kappa shape index (κ1) is 15.0. The second-order valence-corrected chi connectivity index (χ2v) is 5.97. The summed E-state index contributed by atoms with van der Waals surface area (Å²) in [5.41, 5.74) is 0. The van der Waals surface area contributed by atoms with Gasteiger partial charge in [0.05, 0.1) is 18.1 Å². The molecule has 0 bridgehead atoms. The molecule has 0 spiro atoms. The van der Waals surface area contributed by atoms with Crippen molar-refractivity contribution in [3.05, 3.63) is 0 Å². The van der Waals surface area contributed by atoms with Gasteiger partial charge in [-0.1, -0.05) is 22.9 Å². The molecule has 1 aliphatic heterocycles. The van der Waals surface area contributed by atoms with Gasteiger partial charge in [0.2, 0.25) is 5.91 Å². The van der Waals surface area contributed by atoms with Gasteiger partial charge in [0.25, 0.3) is 0 Å². The molecule has 1 saturated heterocycles. The molecule has 0 aliphatic carbocycles. The van der Waals surface area contributed by atoms with Crippen molar-refractivity contribution in [3.8, 4) is 0 Å². The van der Waals surface area contributed by atoms with Crippen molar-refractivity contribution in [2.45, 2.75) is 58.8 Å². The van der Waals surface area contributed by atoms with Crippen LogP contribution >= 0.6 is 15.9 Å². The van der Waals surface area contributed by atoms with Crippen LogP contribution in [0.1, 0.15) is 40.5 Å². The highest BCUT2D eigenvalue weighted by Crippen LogP contribution is 2.32. The number of nitrogens with one attached hydrogen (secondary N) is 1. The third kappa shape index (κ3) is 3.95. The lowest BCUT2D eigenvalue weighted by Gasteiger charge is -2.21. The number of hydrogen-bond donors (Lipinski definition) is 1. The molecule has 0 radical (unpaired) electrons. The summed E-state index contributed by atoms with van der Waals surface area (Å²) in [6.07, 6.45) is 2.31. The Bertz CT molecular complexity index is 260. The molecule has 0 aromatic rings. The predicted octanol–water partition coefficient (Wildman–Crippen LogP) is 2.73. The summed E-state index contributed by atoms with van der Waals surface area (Å²) in [4.78, 5) is 12.2. The Morgan fingerprint density at radius 3 is 2.47 bits per heavy atom. The Balaban J connectivity index is 2.47. The van der Waals surface area contributed by atoms with Gasteiger partial charge in [-0.3, -0.25) is 4.79 Å². The summed E-state index contributed by atoms with van der Waals surface area (Å²) in [6.45, 7) is 8.20. The van der Waals surface area contributed by atoms with Crippen molar-refractivity contribution < 1.29 is 9.53 Å². The SMILES string of the molecule is CC(CCCBr)NC(=O)C1C(C)OC(C)C1C. The number of alkyl halides is 1. The molecule has 3 nitrogen and oxygen atoms in total. The lowest BCUT2D eigenvalue weighted by molar-refractivity contribution is -0.127. The number of rotatable bonds is 5. The van der Waals surface area contributed by atoms with E-state index in [9.17, 15) is 4.79 Å². The third-order valence-electron chi connectivity index (χ3n) is 3.70. The van der Waals surface area contributed by atoms with Crippen LogP contribution in [-0.2, 0) is 9.53 Å². The Morgan fingerprint density at radius 2 is 2.00 bits per heavy atom. The molecule has 0 aromatic heterocycles. The minimum Gasteiger partial charge on any atom is -0.374 e. The minimum atomic E-state index is -0.00331. The molecule has 100 valence electrons. The van der Waals surface area contributed by atoms with Gasteiger partial charge < -0.3 is 10.1 Å². The zero-order chi connectivity index (χ0) is 13.0. The lowest BCUT2D eigenvalue weighted by Crippen LogP contribution is -2.41. The van der Waals surface area contributed by atoms with Crippen LogP contribution in [-0.4, -0.2) is 29.5 Å². The molecule has 4 heteroatoms. The molecule has 0 aromatic carbocycles. The van der Waals surface area contributed by atoms with Crippen LogP contribution in [0.15, 0.2) is 0 Å². The zero-order valence-electron chi connectivity index (χ0n) is 11.2. The number of halogens is 1. The summed E-state index contributed by atoms with van der Waals surface area (Å²) in [6, 6.07) is 0.246. The maximum atomic E-state index is 12.2. The van der Waals surface area contributed by atoms with Crippen molar-refractivity contribution in [2.75, 3.05) is 5.33 Å². The van der Waals surface area contributed by atoms with Gasteiger partial charge in [0.1, 0.15) is 0 Å². The first-order valence-corrected chi connectivity index (χ1v) is 7.61. The van der Waals surface area contributed by atoms with Crippen molar-refractivity contribution in [1.82, 2.24) is 5.32 Å². The summed E-state index contributed by atoms with van der Waals surface area (Å²) < 4.78 is 5.70. The molecule has 5 atom stereocenters. The number of carbonyl (C=O) groups is 1. The highest BCUT2D eigenvalue weighted by molar-refractivity contribution is 9.09. The molecule has 1 rings (SSSR count). The summed E-state index contributed by atoms with van der Waals surface area (Å²) in [7, 11) is 0. The Kier molecular flexibility index (Phi) is 5.93. The van der Waals surface area contributed by atoms with Crippen molar-refractivity contribution in [1.29, 1.82) is 0 Å². The standard InChI is InChI=1S/C13H24BrNO2/c1-8(6-5-7-14)15-13(16)12-9(2)10(3)17-11(12)4/h8-12H,5-7H2,1-4H3,(H,15,16). The van der Waals surface area contributed by atoms with Crippen LogP contribution < -0.4 is 5.32 Å². The molecule has 1 heterocycles. The molecular formula is C13H24BrNO2. The van der Waals surface area contributed by atoms with Gasteiger partial charge in [0, 0.05) is 11.4 Å². The van der Waals surface area contributed by atoms with Crippen LogP contribution in [0.5, 0.6) is 0 Å². The van der Waals surface area contributed by atoms with Crippen molar-refractivity contribution >= 4 is 21.8 Å². The molecule has 17 heavy (non-hydrogen) atoms. The third-order valence-corrected chi connectivity index (χ3v) is 4.26. The van der Waals surface area contributed by atoms with E-state index in [1.54, 1.807) is 0 Å². The average molecular weight is 306 g/mol. The van der Waals surface area contributed by atoms with E-state index in [1.807, 2.05) is 13.8 Å². The summed E-state index contributed by atoms with van der Waals surface area (Å²) in [5, 5.41) is 4.09. The largest absolute Gasteiger partial charge is 0.374 e. The molecule has 5 unspecified atom stereocenters. The fraction of sp³-hybridized carbons (Fsp3) is 0.923. The van der Waals surface area contributed by atoms with E-state index >= 15 is 0 Å². The van der Waals surface area contributed by atoms with E-state index in [1.165, 1.54) is 0 Å². The minimum absolute atomic E-state index is 0.00331. The van der Waals surface area contributed by atoms with Crippen molar-refractivity contribution in [2.24, 2.45) is 11.8 Å². The molecular weight excluding hydrogens is 282 g/mol. The Morgan fingerprint density at radius 1 is 1.35 bits per heavy atom. The van der Waals surface area contributed by atoms with Gasteiger partial charge in [-0.2, -0.15) is 0 Å². The fourth-order valence-electron chi connectivity index (χ4n) is 2.51. The van der Waals surface area contributed by atoms with Crippen LogP contribution in [0, 0.1) is 11.8 Å². The van der Waals surface area contributed by atoms with Gasteiger partial charge in [-0.05, 0) is 39.5 Å². The van der Waals surface area contributed by atoms with Crippen LogP contribution in [0.4, 0.5) is 0 Å². The van der Waals surface area contributed by atoms with E-state index in [0.717, 1.165) is 18.2 Å². The van der Waals surface area contributed by atoms with E-state index in [2.05, 4.69) is 35.1 Å². The first-order chi connectivity index (χ1) is 7.97. The summed E-state index contributed by atoms with van der Waals surface area (Å²) in [5.74, 6) is 0.446. The maximum absolute atomic E-state index is 12.2. The Labute approximate surface area is 113 Å². The quantitative estimate of drug-likeness (QED) is 0.793. The molecule has 1 aliphatic rings. The van der Waals surface area contributed by atoms with Gasteiger partial charge in [0.15, 0.2) is 0 Å². The van der Waals surface area contributed by atoms with E-state index in [0.29, 0.717) is 5.92 Å². The smallest absolute Gasteiger partial charge is 0.226 e. The van der Waals surface area contributed by atoms with E-state index in [4.69, 9.17) is 4.74 Å². The van der Waals surface area contributed by atoms with E-state index in [-0.39, 0.29) is 30.1 Å². The second-order valence-electron chi connectivity index (χ2n) is 5.17. The highest BCUT2D eigenvalue weighted by atomic mass is 79.9. The van der Waals surface area contributed by atoms with Gasteiger partial charge in [-0.15, -0.1) is 0 Å². The van der Waals surface area contributed by atoms with Crippen LogP contribution in [0.25, 0.3) is 0 Å². The number of amides is 1. The highest BCUT2D eigenvalue weighted by Gasteiger charge is 2.41. The van der Waals surface area contributed by atoms with Crippen molar-refractivity contribution in [3.63, 3.8) is 0 Å². The summed E-state index contributed by atoms with van der Waals surface area (Å²) >= 11 is 3.40. The topological polar surface area (TPSA) is 38.3 Å². The number of hydrogen-bond acceptors (Lipinski definition) is 2. The monoisotopic (exact) mass is 305 g/mol. The molecule has 1 amide bonds. The van der Waals surface area contributed by atoms with Crippen LogP contribution in [0.3, 0.4) is 0 Å². The molecule has 1 fully saturated rings. The molecule has 1 N–H and O–H groups in total. The Hall–Kier alpha value is -0.0900. The first-order valence-electron chi connectivity index (χ1n) is 6.49. The zero-order valence-corrected chi connectivity index (χ0v) is 12.8. The number of ether oxygens (including phenoxy) is 1. The maximum Gasteiger partial charge on any atom is 0.226 e. The lowest BCUT2D eigenvalue weighted by atomic mass is 9.88. The average Bonchev–Trinajstić information content (AvgIpc) is 2.50. The van der Waals surface area contributed by atoms with Crippen LogP contribution in [0.2, 0.25) is 0 Å². The normalized spacial score (nSPS) is 34.6. The molecule has 0 saturated carbocycles. The van der Waals surface area contributed by atoms with Gasteiger partial charge in [-0.25, -0.2) is 0 Å². The predicted molar refractivity (Wildman–Crippen MR) is 73.3 cm³/mol. The number of carbonyl (C=O) groups excluding carboxylic acids is 1.